The molecule has 0 fully saturated rings. The first kappa shape index (κ1) is 16.6. The van der Waals surface area contributed by atoms with Gasteiger partial charge < -0.3 is 10.6 Å². The Balaban J connectivity index is 1.52. The van der Waals surface area contributed by atoms with Crippen molar-refractivity contribution in [2.75, 3.05) is 0 Å². The highest BCUT2D eigenvalue weighted by molar-refractivity contribution is 5.73. The number of rotatable bonds is 6. The number of aromatic nitrogens is 5. The van der Waals surface area contributed by atoms with Crippen LogP contribution in [0, 0.1) is 0 Å². The standard InChI is InChI=1S/C15H15F2N7O/c16-14(17)24-6-4-20-13(24)9-22-15(25)21-8-11-1-2-19-12(7-11)23-5-3-18-10-23/h1-7,10,14H,8-9H2,(H2,21,22,25). The van der Waals surface area contributed by atoms with E-state index in [1.54, 1.807) is 35.6 Å². The van der Waals surface area contributed by atoms with Gasteiger partial charge in [-0.3, -0.25) is 9.13 Å². The van der Waals surface area contributed by atoms with E-state index >= 15 is 0 Å². The predicted octanol–water partition coefficient (Wildman–Crippen LogP) is 1.86. The summed E-state index contributed by atoms with van der Waals surface area (Å²) in [6.45, 7) is -2.53. The van der Waals surface area contributed by atoms with E-state index in [0.717, 1.165) is 11.8 Å². The van der Waals surface area contributed by atoms with Gasteiger partial charge in [0.1, 0.15) is 18.0 Å². The van der Waals surface area contributed by atoms with E-state index in [-0.39, 0.29) is 18.9 Å². The van der Waals surface area contributed by atoms with E-state index in [9.17, 15) is 13.6 Å². The van der Waals surface area contributed by atoms with Crippen LogP contribution in [-0.2, 0) is 13.1 Å². The van der Waals surface area contributed by atoms with Crippen molar-refractivity contribution in [2.24, 2.45) is 0 Å². The van der Waals surface area contributed by atoms with E-state index < -0.39 is 12.6 Å². The maximum atomic E-state index is 12.7. The summed E-state index contributed by atoms with van der Waals surface area (Å²) in [5, 5.41) is 5.15. The molecular weight excluding hydrogens is 332 g/mol. The van der Waals surface area contributed by atoms with Crippen LogP contribution in [0.25, 0.3) is 5.82 Å². The van der Waals surface area contributed by atoms with Crippen LogP contribution >= 0.6 is 0 Å². The number of hydrogen-bond acceptors (Lipinski definition) is 4. The quantitative estimate of drug-likeness (QED) is 0.712. The molecule has 0 aliphatic heterocycles. The van der Waals surface area contributed by atoms with Gasteiger partial charge in [-0.25, -0.2) is 19.7 Å². The summed E-state index contributed by atoms with van der Waals surface area (Å²) in [6, 6.07) is 3.10. The number of alkyl halides is 2. The highest BCUT2D eigenvalue weighted by Crippen LogP contribution is 2.12. The van der Waals surface area contributed by atoms with E-state index in [4.69, 9.17) is 0 Å². The minimum Gasteiger partial charge on any atom is -0.334 e. The second-order valence-electron chi connectivity index (χ2n) is 5.06. The highest BCUT2D eigenvalue weighted by atomic mass is 19.3. The zero-order valence-corrected chi connectivity index (χ0v) is 13.0. The van der Waals surface area contributed by atoms with Gasteiger partial charge in [0.25, 0.3) is 0 Å². The van der Waals surface area contributed by atoms with E-state index in [0.29, 0.717) is 10.4 Å². The molecule has 2 amide bonds. The molecule has 0 saturated carbocycles. The van der Waals surface area contributed by atoms with Crippen molar-refractivity contribution in [1.29, 1.82) is 0 Å². The van der Waals surface area contributed by atoms with Gasteiger partial charge in [-0.2, -0.15) is 8.78 Å². The molecule has 0 spiro atoms. The molecule has 2 N–H and O–H groups in total. The molecule has 0 aliphatic carbocycles. The maximum absolute atomic E-state index is 12.7. The van der Waals surface area contributed by atoms with Crippen LogP contribution in [-0.4, -0.2) is 30.1 Å². The Hall–Kier alpha value is -3.30. The van der Waals surface area contributed by atoms with Crippen molar-refractivity contribution in [3.63, 3.8) is 0 Å². The lowest BCUT2D eigenvalue weighted by Crippen LogP contribution is -2.35. The number of amides is 2. The molecule has 3 aromatic rings. The predicted molar refractivity (Wildman–Crippen MR) is 83.9 cm³/mol. The van der Waals surface area contributed by atoms with E-state index in [2.05, 4.69) is 25.6 Å². The van der Waals surface area contributed by atoms with Crippen molar-refractivity contribution in [3.05, 3.63) is 60.8 Å². The third-order valence-electron chi connectivity index (χ3n) is 3.40. The normalized spacial score (nSPS) is 10.8. The first-order valence-corrected chi connectivity index (χ1v) is 7.38. The SMILES string of the molecule is O=C(NCc1ccnc(-n2ccnc2)c1)NCc1nccn1C(F)F. The lowest BCUT2D eigenvalue weighted by molar-refractivity contribution is 0.0667. The minimum absolute atomic E-state index is 0.0801. The second kappa shape index (κ2) is 7.51. The number of hydrogen-bond donors (Lipinski definition) is 2. The average Bonchev–Trinajstić information content (AvgIpc) is 3.29. The zero-order chi connectivity index (χ0) is 17.6. The van der Waals surface area contributed by atoms with Gasteiger partial charge in [0, 0.05) is 37.5 Å². The monoisotopic (exact) mass is 347 g/mol. The summed E-state index contributed by atoms with van der Waals surface area (Å²) < 4.78 is 27.8. The molecule has 3 rings (SSSR count). The zero-order valence-electron chi connectivity index (χ0n) is 13.0. The largest absolute Gasteiger partial charge is 0.334 e. The summed E-state index contributed by atoms with van der Waals surface area (Å²) in [5.41, 5.74) is 0.836. The van der Waals surface area contributed by atoms with Gasteiger partial charge in [-0.05, 0) is 17.7 Å². The molecule has 3 aromatic heterocycles. The summed E-state index contributed by atoms with van der Waals surface area (Å²) in [7, 11) is 0. The third-order valence-corrected chi connectivity index (χ3v) is 3.40. The van der Waals surface area contributed by atoms with Crippen LogP contribution in [0.5, 0.6) is 0 Å². The Labute approximate surface area is 141 Å². The molecule has 0 bridgehead atoms. The second-order valence-corrected chi connectivity index (χ2v) is 5.06. The molecule has 0 aromatic carbocycles. The molecule has 0 atom stereocenters. The van der Waals surface area contributed by atoms with Crippen molar-refractivity contribution >= 4 is 6.03 Å². The van der Waals surface area contributed by atoms with Crippen LogP contribution < -0.4 is 10.6 Å². The van der Waals surface area contributed by atoms with Crippen LogP contribution in [0.2, 0.25) is 0 Å². The fourth-order valence-electron chi connectivity index (χ4n) is 2.17. The Morgan fingerprint density at radius 2 is 1.96 bits per heavy atom. The third kappa shape index (κ3) is 4.16. The fourth-order valence-corrected chi connectivity index (χ4v) is 2.17. The number of urea groups is 1. The van der Waals surface area contributed by atoms with Gasteiger partial charge in [0.15, 0.2) is 0 Å². The Bertz CT molecular complexity index is 832. The lowest BCUT2D eigenvalue weighted by atomic mass is 10.2. The lowest BCUT2D eigenvalue weighted by Gasteiger charge is -2.10. The van der Waals surface area contributed by atoms with Crippen molar-refractivity contribution in [2.45, 2.75) is 19.6 Å². The average molecular weight is 347 g/mol. The summed E-state index contributed by atoms with van der Waals surface area (Å²) in [6.07, 6.45) is 9.08. The van der Waals surface area contributed by atoms with Gasteiger partial charge in [0.05, 0.1) is 6.54 Å². The Kier molecular flexibility index (Phi) is 4.97. The number of nitrogens with one attached hydrogen (secondary N) is 2. The molecular formula is C15H15F2N7O. The van der Waals surface area contributed by atoms with Crippen LogP contribution in [0.15, 0.2) is 49.4 Å². The summed E-state index contributed by atoms with van der Waals surface area (Å²) >= 11 is 0. The molecule has 0 radical (unpaired) electrons. The number of carbonyl (C=O) groups is 1. The van der Waals surface area contributed by atoms with Gasteiger partial charge in [-0.15, -0.1) is 0 Å². The molecule has 130 valence electrons. The smallest absolute Gasteiger partial charge is 0.319 e. The van der Waals surface area contributed by atoms with Crippen LogP contribution in [0.3, 0.4) is 0 Å². The van der Waals surface area contributed by atoms with Crippen LogP contribution in [0.1, 0.15) is 17.9 Å². The first-order chi connectivity index (χ1) is 12.1. The molecule has 8 nitrogen and oxygen atoms in total. The highest BCUT2D eigenvalue weighted by Gasteiger charge is 2.12. The summed E-state index contributed by atoms with van der Waals surface area (Å²) in [5.74, 6) is 0.757. The molecule has 10 heteroatoms. The van der Waals surface area contributed by atoms with Crippen molar-refractivity contribution in [3.8, 4) is 5.82 Å². The number of halogens is 2. The van der Waals surface area contributed by atoms with Gasteiger partial charge in [-0.1, -0.05) is 0 Å². The molecule has 25 heavy (non-hydrogen) atoms. The first-order valence-electron chi connectivity index (χ1n) is 7.38. The number of nitrogens with zero attached hydrogens (tertiary/aromatic N) is 5. The van der Waals surface area contributed by atoms with Crippen LogP contribution in [0.4, 0.5) is 13.6 Å². The van der Waals surface area contributed by atoms with Crippen molar-refractivity contribution in [1.82, 2.24) is 34.7 Å². The maximum Gasteiger partial charge on any atom is 0.319 e. The molecule has 0 unspecified atom stereocenters. The van der Waals surface area contributed by atoms with Crippen molar-refractivity contribution < 1.29 is 13.6 Å². The van der Waals surface area contributed by atoms with E-state index in [1.165, 1.54) is 6.20 Å². The molecule has 3 heterocycles. The van der Waals surface area contributed by atoms with E-state index in [1.807, 2.05) is 6.07 Å². The topological polar surface area (TPSA) is 89.7 Å². The number of pyridine rings is 1. The van der Waals surface area contributed by atoms with Gasteiger partial charge >= 0.3 is 12.6 Å². The number of carbonyl (C=O) groups excluding carboxylic acids is 1. The fraction of sp³-hybridized carbons (Fsp3) is 0.200. The Morgan fingerprint density at radius 1 is 1.12 bits per heavy atom. The molecule has 0 saturated heterocycles. The number of imidazole rings is 2. The van der Waals surface area contributed by atoms with Gasteiger partial charge in [0.2, 0.25) is 0 Å². The summed E-state index contributed by atoms with van der Waals surface area (Å²) in [4.78, 5) is 23.8. The Morgan fingerprint density at radius 3 is 2.72 bits per heavy atom. The minimum atomic E-state index is -2.69. The molecule has 0 aliphatic rings.